The molecule has 2 heterocycles. The van der Waals surface area contributed by atoms with Crippen LogP contribution in [0.1, 0.15) is 30.1 Å². The number of ether oxygens (including phenoxy) is 1. The highest BCUT2D eigenvalue weighted by Crippen LogP contribution is 2.28. The molecule has 1 unspecified atom stereocenters. The molecule has 1 aromatic carbocycles. The number of piperidine rings is 1. The van der Waals surface area contributed by atoms with Crippen molar-refractivity contribution in [1.29, 1.82) is 0 Å². The van der Waals surface area contributed by atoms with Gasteiger partial charge in [0.05, 0.1) is 6.10 Å². The number of hydrogen-bond donors (Lipinski definition) is 1. The van der Waals surface area contributed by atoms with Crippen LogP contribution in [-0.2, 0) is 4.74 Å². The molecule has 0 bridgehead atoms. The highest BCUT2D eigenvalue weighted by atomic mass is 16.5. The van der Waals surface area contributed by atoms with E-state index >= 15 is 0 Å². The van der Waals surface area contributed by atoms with Crippen molar-refractivity contribution in [3.05, 3.63) is 66.0 Å². The topological polar surface area (TPSA) is 34.1 Å². The van der Waals surface area contributed by atoms with Crippen molar-refractivity contribution in [3.63, 3.8) is 0 Å². The van der Waals surface area contributed by atoms with Crippen molar-refractivity contribution in [2.45, 2.75) is 25.0 Å². The van der Waals surface area contributed by atoms with Crippen LogP contribution < -0.4 is 5.32 Å². The Balaban J connectivity index is 1.83. The van der Waals surface area contributed by atoms with Crippen molar-refractivity contribution >= 4 is 0 Å². The number of hydrogen-bond acceptors (Lipinski definition) is 3. The third kappa shape index (κ3) is 3.24. The summed E-state index contributed by atoms with van der Waals surface area (Å²) in [4.78, 5) is 4.10. The summed E-state index contributed by atoms with van der Waals surface area (Å²) in [6.07, 6.45) is 6.15. The summed E-state index contributed by atoms with van der Waals surface area (Å²) < 4.78 is 6.40. The molecule has 104 valence electrons. The molecule has 1 N–H and O–H groups in total. The number of nitrogens with one attached hydrogen (secondary N) is 1. The van der Waals surface area contributed by atoms with Gasteiger partial charge in [0.15, 0.2) is 0 Å². The maximum absolute atomic E-state index is 6.40. The summed E-state index contributed by atoms with van der Waals surface area (Å²) in [5.74, 6) is 0. The Bertz CT molecular complexity index is 470. The predicted molar refractivity (Wildman–Crippen MR) is 79.5 cm³/mol. The average Bonchev–Trinajstić information content (AvgIpc) is 2.55. The normalized spacial score (nSPS) is 17.8. The van der Waals surface area contributed by atoms with Gasteiger partial charge in [-0.1, -0.05) is 30.3 Å². The van der Waals surface area contributed by atoms with Gasteiger partial charge in [0.1, 0.15) is 6.10 Å². The fourth-order valence-electron chi connectivity index (χ4n) is 2.64. The van der Waals surface area contributed by atoms with E-state index in [9.17, 15) is 0 Å². The SMILES string of the molecule is c1ccc(C(OC2CCNCC2)c2ccncc2)cc1. The molecule has 1 aliphatic heterocycles. The minimum Gasteiger partial charge on any atom is -0.365 e. The Labute approximate surface area is 120 Å². The molecule has 1 fully saturated rings. The summed E-state index contributed by atoms with van der Waals surface area (Å²) in [6, 6.07) is 14.5. The first kappa shape index (κ1) is 13.3. The van der Waals surface area contributed by atoms with Gasteiger partial charge in [-0.3, -0.25) is 4.98 Å². The molecule has 1 atom stereocenters. The minimum atomic E-state index is 0.00213. The summed E-state index contributed by atoms with van der Waals surface area (Å²) in [6.45, 7) is 2.09. The lowest BCUT2D eigenvalue weighted by molar-refractivity contribution is -0.00808. The minimum absolute atomic E-state index is 0.00213. The van der Waals surface area contributed by atoms with Crippen LogP contribution in [0.3, 0.4) is 0 Å². The second-order valence-electron chi connectivity index (χ2n) is 5.16. The first-order chi connectivity index (χ1) is 9.93. The number of pyridine rings is 1. The van der Waals surface area contributed by atoms with E-state index in [0.29, 0.717) is 6.10 Å². The molecule has 0 aliphatic carbocycles. The fraction of sp³-hybridized carbons (Fsp3) is 0.353. The zero-order valence-electron chi connectivity index (χ0n) is 11.5. The molecule has 1 aliphatic rings. The smallest absolute Gasteiger partial charge is 0.108 e. The van der Waals surface area contributed by atoms with E-state index in [4.69, 9.17) is 4.74 Å². The largest absolute Gasteiger partial charge is 0.365 e. The lowest BCUT2D eigenvalue weighted by Crippen LogP contribution is -2.33. The second kappa shape index (κ2) is 6.64. The van der Waals surface area contributed by atoms with E-state index in [2.05, 4.69) is 34.6 Å². The Hall–Kier alpha value is -1.71. The molecule has 3 rings (SSSR count). The monoisotopic (exact) mass is 268 g/mol. The first-order valence-electron chi connectivity index (χ1n) is 7.24. The molecule has 2 aromatic rings. The predicted octanol–water partition coefficient (Wildman–Crippen LogP) is 2.94. The van der Waals surface area contributed by atoms with Crippen LogP contribution in [0.2, 0.25) is 0 Å². The van der Waals surface area contributed by atoms with Crippen LogP contribution >= 0.6 is 0 Å². The van der Waals surface area contributed by atoms with Crippen molar-refractivity contribution in [2.75, 3.05) is 13.1 Å². The van der Waals surface area contributed by atoms with Crippen LogP contribution in [0.5, 0.6) is 0 Å². The average molecular weight is 268 g/mol. The first-order valence-corrected chi connectivity index (χ1v) is 7.24. The van der Waals surface area contributed by atoms with Crippen molar-refractivity contribution in [1.82, 2.24) is 10.3 Å². The molecular weight excluding hydrogens is 248 g/mol. The molecule has 0 amide bonds. The van der Waals surface area contributed by atoms with E-state index in [-0.39, 0.29) is 6.10 Å². The molecule has 1 saturated heterocycles. The summed E-state index contributed by atoms with van der Waals surface area (Å²) in [5, 5.41) is 3.38. The third-order valence-corrected chi connectivity index (χ3v) is 3.73. The van der Waals surface area contributed by atoms with Crippen LogP contribution in [0.25, 0.3) is 0 Å². The number of rotatable bonds is 4. The lowest BCUT2D eigenvalue weighted by atomic mass is 10.0. The van der Waals surface area contributed by atoms with Gasteiger partial charge in [-0.05, 0) is 49.2 Å². The van der Waals surface area contributed by atoms with Crippen LogP contribution in [0.15, 0.2) is 54.9 Å². The second-order valence-corrected chi connectivity index (χ2v) is 5.16. The number of aromatic nitrogens is 1. The van der Waals surface area contributed by atoms with Crippen LogP contribution in [0, 0.1) is 0 Å². The fourth-order valence-corrected chi connectivity index (χ4v) is 2.64. The molecule has 3 heteroatoms. The molecule has 0 spiro atoms. The molecule has 0 saturated carbocycles. The molecular formula is C17H20N2O. The Morgan fingerprint density at radius 1 is 0.950 bits per heavy atom. The number of nitrogens with zero attached hydrogens (tertiary/aromatic N) is 1. The van der Waals surface area contributed by atoms with Gasteiger partial charge < -0.3 is 10.1 Å². The van der Waals surface area contributed by atoms with Gasteiger partial charge in [-0.25, -0.2) is 0 Å². The molecule has 3 nitrogen and oxygen atoms in total. The van der Waals surface area contributed by atoms with Gasteiger partial charge in [0.25, 0.3) is 0 Å². The molecule has 20 heavy (non-hydrogen) atoms. The highest BCUT2D eigenvalue weighted by molar-refractivity contribution is 5.28. The van der Waals surface area contributed by atoms with Crippen molar-refractivity contribution in [3.8, 4) is 0 Å². The van der Waals surface area contributed by atoms with Gasteiger partial charge >= 0.3 is 0 Å². The lowest BCUT2D eigenvalue weighted by Gasteiger charge is -2.28. The summed E-state index contributed by atoms with van der Waals surface area (Å²) in [5.41, 5.74) is 2.38. The van der Waals surface area contributed by atoms with Gasteiger partial charge in [-0.2, -0.15) is 0 Å². The van der Waals surface area contributed by atoms with Crippen LogP contribution in [0.4, 0.5) is 0 Å². The van der Waals surface area contributed by atoms with E-state index in [1.807, 2.05) is 30.6 Å². The van der Waals surface area contributed by atoms with Gasteiger partial charge in [-0.15, -0.1) is 0 Å². The van der Waals surface area contributed by atoms with Crippen molar-refractivity contribution < 1.29 is 4.74 Å². The summed E-state index contributed by atoms with van der Waals surface area (Å²) >= 11 is 0. The van der Waals surface area contributed by atoms with E-state index in [0.717, 1.165) is 25.9 Å². The van der Waals surface area contributed by atoms with Crippen LogP contribution in [-0.4, -0.2) is 24.2 Å². The number of benzene rings is 1. The van der Waals surface area contributed by atoms with Crippen molar-refractivity contribution in [2.24, 2.45) is 0 Å². The third-order valence-electron chi connectivity index (χ3n) is 3.73. The van der Waals surface area contributed by atoms with Gasteiger partial charge in [0, 0.05) is 12.4 Å². The van der Waals surface area contributed by atoms with E-state index in [1.165, 1.54) is 11.1 Å². The zero-order valence-corrected chi connectivity index (χ0v) is 11.5. The zero-order chi connectivity index (χ0) is 13.6. The summed E-state index contributed by atoms with van der Waals surface area (Å²) in [7, 11) is 0. The molecule has 1 aromatic heterocycles. The molecule has 0 radical (unpaired) electrons. The maximum atomic E-state index is 6.40. The van der Waals surface area contributed by atoms with Gasteiger partial charge in [0.2, 0.25) is 0 Å². The quantitative estimate of drug-likeness (QED) is 0.925. The highest BCUT2D eigenvalue weighted by Gasteiger charge is 2.21. The van der Waals surface area contributed by atoms with E-state index < -0.39 is 0 Å². The Kier molecular flexibility index (Phi) is 4.41. The Morgan fingerprint density at radius 3 is 2.30 bits per heavy atom. The maximum Gasteiger partial charge on any atom is 0.108 e. The standard InChI is InChI=1S/C17H20N2O/c1-2-4-14(5-3-1)17(15-6-10-18-11-7-15)20-16-8-12-19-13-9-16/h1-7,10-11,16-17,19H,8-9,12-13H2. The Morgan fingerprint density at radius 2 is 1.60 bits per heavy atom. The van der Waals surface area contributed by atoms with E-state index in [1.54, 1.807) is 0 Å².